The van der Waals surface area contributed by atoms with Gasteiger partial charge in [0, 0.05) is 27.8 Å². The summed E-state index contributed by atoms with van der Waals surface area (Å²) in [6, 6.07) is 13.9. The molecule has 3 aromatic carbocycles. The van der Waals surface area contributed by atoms with E-state index in [1.807, 2.05) is 36.4 Å². The topological polar surface area (TPSA) is 56.8 Å². The first-order valence-electron chi connectivity index (χ1n) is 8.88. The maximum atomic E-state index is 12.6. The van der Waals surface area contributed by atoms with Crippen molar-refractivity contribution in [3.05, 3.63) is 58.1 Å². The van der Waals surface area contributed by atoms with Crippen LogP contribution in [0.4, 0.5) is 5.69 Å². The van der Waals surface area contributed by atoms with Crippen molar-refractivity contribution in [2.75, 3.05) is 26.6 Å². The number of fused-ring (bicyclic) bond motifs is 3. The van der Waals surface area contributed by atoms with Gasteiger partial charge in [0.25, 0.3) is 0 Å². The Kier molecular flexibility index (Phi) is 4.89. The van der Waals surface area contributed by atoms with E-state index < -0.39 is 0 Å². The fourth-order valence-electron chi connectivity index (χ4n) is 3.93. The van der Waals surface area contributed by atoms with E-state index in [9.17, 15) is 4.79 Å². The lowest BCUT2D eigenvalue weighted by atomic mass is 9.82. The second-order valence-corrected chi connectivity index (χ2v) is 7.45. The van der Waals surface area contributed by atoms with Crippen LogP contribution in [0.2, 0.25) is 0 Å². The van der Waals surface area contributed by atoms with Gasteiger partial charge >= 0.3 is 0 Å². The molecule has 1 unspecified atom stereocenters. The summed E-state index contributed by atoms with van der Waals surface area (Å²) in [5.41, 5.74) is 2.77. The Hall–Kier alpha value is -2.73. The number of methoxy groups -OCH3 is 3. The van der Waals surface area contributed by atoms with Gasteiger partial charge in [0.1, 0.15) is 0 Å². The van der Waals surface area contributed by atoms with Gasteiger partial charge in [-0.15, -0.1) is 0 Å². The predicted octanol–water partition coefficient (Wildman–Crippen LogP) is 5.10. The fraction of sp³-hybridized carbons (Fsp3) is 0.227. The first-order chi connectivity index (χ1) is 13.6. The van der Waals surface area contributed by atoms with Crippen molar-refractivity contribution in [2.24, 2.45) is 0 Å². The van der Waals surface area contributed by atoms with E-state index in [2.05, 4.69) is 27.3 Å². The van der Waals surface area contributed by atoms with Gasteiger partial charge in [0.05, 0.1) is 27.0 Å². The second kappa shape index (κ2) is 7.36. The van der Waals surface area contributed by atoms with Crippen molar-refractivity contribution in [1.29, 1.82) is 0 Å². The van der Waals surface area contributed by atoms with Crippen molar-refractivity contribution in [1.82, 2.24) is 0 Å². The molecule has 4 rings (SSSR count). The molecule has 1 heterocycles. The number of hydrogen-bond acceptors (Lipinski definition) is 4. The zero-order valence-corrected chi connectivity index (χ0v) is 17.4. The van der Waals surface area contributed by atoms with Crippen molar-refractivity contribution in [3.63, 3.8) is 0 Å². The molecule has 0 saturated heterocycles. The minimum Gasteiger partial charge on any atom is -0.493 e. The molecule has 1 amide bonds. The van der Waals surface area contributed by atoms with E-state index >= 15 is 0 Å². The van der Waals surface area contributed by atoms with E-state index in [0.29, 0.717) is 23.7 Å². The van der Waals surface area contributed by atoms with Crippen LogP contribution in [0, 0.1) is 0 Å². The third-order valence-corrected chi connectivity index (χ3v) is 5.82. The summed E-state index contributed by atoms with van der Waals surface area (Å²) in [4.78, 5) is 12.6. The number of halogens is 1. The molecule has 0 radical (unpaired) electrons. The molecule has 28 heavy (non-hydrogen) atoms. The van der Waals surface area contributed by atoms with Gasteiger partial charge in [0.15, 0.2) is 11.5 Å². The average Bonchev–Trinajstić information content (AvgIpc) is 2.72. The highest BCUT2D eigenvalue weighted by molar-refractivity contribution is 9.10. The first kappa shape index (κ1) is 18.6. The van der Waals surface area contributed by atoms with Gasteiger partial charge in [-0.05, 0) is 23.1 Å². The van der Waals surface area contributed by atoms with E-state index in [1.54, 1.807) is 21.3 Å². The lowest BCUT2D eigenvalue weighted by Gasteiger charge is -2.29. The molecule has 0 aliphatic carbocycles. The Balaban J connectivity index is 1.98. The van der Waals surface area contributed by atoms with Crippen LogP contribution in [0.15, 0.2) is 46.9 Å². The van der Waals surface area contributed by atoms with E-state index in [0.717, 1.165) is 32.1 Å². The molecular weight excluding hydrogens is 422 g/mol. The van der Waals surface area contributed by atoms with Crippen LogP contribution >= 0.6 is 15.9 Å². The quantitative estimate of drug-likeness (QED) is 0.611. The smallest absolute Gasteiger partial charge is 0.225 e. The predicted molar refractivity (Wildman–Crippen MR) is 113 cm³/mol. The van der Waals surface area contributed by atoms with Crippen molar-refractivity contribution >= 4 is 38.3 Å². The van der Waals surface area contributed by atoms with E-state index in [1.165, 1.54) is 0 Å². The number of ether oxygens (including phenoxy) is 3. The Morgan fingerprint density at radius 3 is 2.32 bits per heavy atom. The molecule has 144 valence electrons. The van der Waals surface area contributed by atoms with Crippen LogP contribution in [0.1, 0.15) is 23.5 Å². The van der Waals surface area contributed by atoms with Crippen LogP contribution in [-0.4, -0.2) is 27.2 Å². The van der Waals surface area contributed by atoms with Gasteiger partial charge in [-0.1, -0.05) is 46.3 Å². The van der Waals surface area contributed by atoms with Crippen molar-refractivity contribution in [3.8, 4) is 17.2 Å². The minimum absolute atomic E-state index is 0.0261. The molecule has 6 heteroatoms. The Morgan fingerprint density at radius 2 is 1.64 bits per heavy atom. The number of amides is 1. The van der Waals surface area contributed by atoms with Crippen molar-refractivity contribution in [2.45, 2.75) is 12.3 Å². The SMILES string of the molecule is COc1ccc(C2CC(=O)Nc3c2cc(Br)c2ccccc32)c(OC)c1OC. The minimum atomic E-state index is -0.167. The number of anilines is 1. The monoisotopic (exact) mass is 441 g/mol. The van der Waals surface area contributed by atoms with Crippen LogP contribution in [-0.2, 0) is 4.79 Å². The van der Waals surface area contributed by atoms with Crippen LogP contribution < -0.4 is 19.5 Å². The molecule has 1 aliphatic heterocycles. The fourth-order valence-corrected chi connectivity index (χ4v) is 4.52. The highest BCUT2D eigenvalue weighted by atomic mass is 79.9. The molecule has 0 aromatic heterocycles. The van der Waals surface area contributed by atoms with E-state index in [-0.39, 0.29) is 11.8 Å². The third kappa shape index (κ3) is 2.88. The largest absolute Gasteiger partial charge is 0.493 e. The maximum absolute atomic E-state index is 12.6. The van der Waals surface area contributed by atoms with Gasteiger partial charge in [-0.2, -0.15) is 0 Å². The number of benzene rings is 3. The zero-order chi connectivity index (χ0) is 19.8. The molecule has 0 spiro atoms. The molecular formula is C22H20BrNO4. The molecule has 0 saturated carbocycles. The summed E-state index contributed by atoms with van der Waals surface area (Å²) in [5, 5.41) is 5.12. The number of carbonyl (C=O) groups is 1. The molecule has 5 nitrogen and oxygen atoms in total. The molecule has 1 atom stereocenters. The lowest BCUT2D eigenvalue weighted by molar-refractivity contribution is -0.116. The average molecular weight is 442 g/mol. The highest BCUT2D eigenvalue weighted by Crippen LogP contribution is 2.49. The van der Waals surface area contributed by atoms with E-state index in [4.69, 9.17) is 14.2 Å². The molecule has 1 aliphatic rings. The summed E-state index contributed by atoms with van der Waals surface area (Å²) in [5.74, 6) is 1.50. The molecule has 1 N–H and O–H groups in total. The maximum Gasteiger partial charge on any atom is 0.225 e. The summed E-state index contributed by atoms with van der Waals surface area (Å²) < 4.78 is 17.6. The zero-order valence-electron chi connectivity index (χ0n) is 15.8. The molecule has 0 bridgehead atoms. The summed E-state index contributed by atoms with van der Waals surface area (Å²) in [6.45, 7) is 0. The standard InChI is InChI=1S/C22H20BrNO4/c1-26-18-9-8-14(21(27-2)22(18)28-3)15-11-19(25)24-20-13-7-5-4-6-12(13)17(23)10-16(15)20/h4-10,15H,11H2,1-3H3,(H,24,25). The number of nitrogens with one attached hydrogen (secondary N) is 1. The van der Waals surface area contributed by atoms with Crippen LogP contribution in [0.5, 0.6) is 17.2 Å². The second-order valence-electron chi connectivity index (χ2n) is 6.60. The number of hydrogen-bond donors (Lipinski definition) is 1. The Labute approximate surface area is 171 Å². The van der Waals surface area contributed by atoms with Gasteiger partial charge in [0.2, 0.25) is 11.7 Å². The third-order valence-electron chi connectivity index (χ3n) is 5.16. The van der Waals surface area contributed by atoms with Crippen molar-refractivity contribution < 1.29 is 19.0 Å². The van der Waals surface area contributed by atoms with Crippen LogP contribution in [0.25, 0.3) is 10.8 Å². The lowest BCUT2D eigenvalue weighted by Crippen LogP contribution is -2.24. The summed E-state index contributed by atoms with van der Waals surface area (Å²) >= 11 is 3.69. The van der Waals surface area contributed by atoms with Crippen LogP contribution in [0.3, 0.4) is 0 Å². The van der Waals surface area contributed by atoms with Gasteiger partial charge in [-0.25, -0.2) is 0 Å². The van der Waals surface area contributed by atoms with Gasteiger partial charge < -0.3 is 19.5 Å². The normalized spacial score (nSPS) is 15.7. The van der Waals surface area contributed by atoms with Gasteiger partial charge in [-0.3, -0.25) is 4.79 Å². The number of rotatable bonds is 4. The highest BCUT2D eigenvalue weighted by Gasteiger charge is 2.32. The summed E-state index contributed by atoms with van der Waals surface area (Å²) in [6.07, 6.45) is 0.323. The Morgan fingerprint density at radius 1 is 0.929 bits per heavy atom. The first-order valence-corrected chi connectivity index (χ1v) is 9.68. The molecule has 0 fully saturated rings. The Bertz CT molecular complexity index is 1080. The molecule has 3 aromatic rings. The summed E-state index contributed by atoms with van der Waals surface area (Å²) in [7, 11) is 4.76. The number of carbonyl (C=O) groups excluding carboxylic acids is 1.